The standard InChI is InChI=1S/C25H26N2O3S/c1-26(2)24(29)25(17-19-10-12-20(13-11-19)22-9-6-16-31-22)18-27(14-15-30-25)23(28)21-7-4-3-5-8-21/h3-13,16H,14-15,17-18H2,1-2H3. The van der Waals surface area contributed by atoms with Crippen LogP contribution >= 0.6 is 11.3 Å². The molecule has 1 aliphatic rings. The number of benzene rings is 2. The third-order valence-electron chi connectivity index (χ3n) is 5.54. The zero-order valence-corrected chi connectivity index (χ0v) is 18.6. The lowest BCUT2D eigenvalue weighted by Gasteiger charge is -2.43. The van der Waals surface area contributed by atoms with Crippen LogP contribution in [0.2, 0.25) is 0 Å². The number of morpholine rings is 1. The Balaban J connectivity index is 1.59. The Morgan fingerprint density at radius 1 is 1.03 bits per heavy atom. The van der Waals surface area contributed by atoms with Crippen LogP contribution in [0.5, 0.6) is 0 Å². The Morgan fingerprint density at radius 3 is 2.42 bits per heavy atom. The number of likely N-dealkylation sites (N-methyl/N-ethyl adjacent to an activating group) is 1. The van der Waals surface area contributed by atoms with Crippen LogP contribution < -0.4 is 0 Å². The molecule has 1 aromatic heterocycles. The third kappa shape index (κ3) is 4.55. The van der Waals surface area contributed by atoms with E-state index < -0.39 is 5.60 Å². The first-order valence-corrected chi connectivity index (χ1v) is 11.2. The molecule has 2 amide bonds. The van der Waals surface area contributed by atoms with Crippen LogP contribution in [0.1, 0.15) is 15.9 Å². The van der Waals surface area contributed by atoms with Gasteiger partial charge in [-0.2, -0.15) is 0 Å². The van der Waals surface area contributed by atoms with Gasteiger partial charge in [0.2, 0.25) is 0 Å². The summed E-state index contributed by atoms with van der Waals surface area (Å²) < 4.78 is 6.13. The highest BCUT2D eigenvalue weighted by molar-refractivity contribution is 7.13. The Bertz CT molecular complexity index is 1030. The van der Waals surface area contributed by atoms with E-state index >= 15 is 0 Å². The molecule has 1 atom stereocenters. The normalized spacial score (nSPS) is 18.6. The fraction of sp³-hybridized carbons (Fsp3) is 0.280. The molecule has 0 aliphatic carbocycles. The van der Waals surface area contributed by atoms with Crippen molar-refractivity contribution in [2.24, 2.45) is 0 Å². The molecular formula is C25H26N2O3S. The summed E-state index contributed by atoms with van der Waals surface area (Å²) in [5.41, 5.74) is 1.67. The van der Waals surface area contributed by atoms with Crippen LogP contribution in [0.15, 0.2) is 72.1 Å². The van der Waals surface area contributed by atoms with Gasteiger partial charge < -0.3 is 14.5 Å². The lowest BCUT2D eigenvalue weighted by Crippen LogP contribution is -2.61. The number of carbonyl (C=O) groups excluding carboxylic acids is 2. The zero-order chi connectivity index (χ0) is 21.8. The molecule has 0 N–H and O–H groups in total. The minimum Gasteiger partial charge on any atom is -0.361 e. The predicted octanol–water partition coefficient (Wildman–Crippen LogP) is 3.96. The highest BCUT2D eigenvalue weighted by Crippen LogP contribution is 2.29. The molecule has 0 bridgehead atoms. The van der Waals surface area contributed by atoms with Gasteiger partial charge in [-0.3, -0.25) is 9.59 Å². The first kappa shape index (κ1) is 21.3. The molecular weight excluding hydrogens is 408 g/mol. The topological polar surface area (TPSA) is 49.9 Å². The average Bonchev–Trinajstić information content (AvgIpc) is 3.34. The first-order valence-electron chi connectivity index (χ1n) is 10.3. The summed E-state index contributed by atoms with van der Waals surface area (Å²) in [4.78, 5) is 30.8. The number of rotatable bonds is 5. The second-order valence-electron chi connectivity index (χ2n) is 7.99. The van der Waals surface area contributed by atoms with Crippen LogP contribution in [0, 0.1) is 0 Å². The maximum Gasteiger partial charge on any atom is 0.256 e. The van der Waals surface area contributed by atoms with Crippen molar-refractivity contribution >= 4 is 23.2 Å². The Labute approximate surface area is 186 Å². The van der Waals surface area contributed by atoms with Crippen LogP contribution in [0.4, 0.5) is 0 Å². The van der Waals surface area contributed by atoms with Gasteiger partial charge in [-0.1, -0.05) is 48.5 Å². The van der Waals surface area contributed by atoms with Crippen LogP contribution in [-0.4, -0.2) is 61.0 Å². The van der Waals surface area contributed by atoms with Gasteiger partial charge in [0.25, 0.3) is 11.8 Å². The predicted molar refractivity (Wildman–Crippen MR) is 123 cm³/mol. The van der Waals surface area contributed by atoms with Crippen molar-refractivity contribution < 1.29 is 14.3 Å². The number of amides is 2. The maximum absolute atomic E-state index is 13.2. The molecule has 31 heavy (non-hydrogen) atoms. The first-order chi connectivity index (χ1) is 15.0. The van der Waals surface area contributed by atoms with E-state index in [0.29, 0.717) is 25.1 Å². The van der Waals surface area contributed by atoms with E-state index in [-0.39, 0.29) is 18.4 Å². The Kier molecular flexibility index (Phi) is 6.20. The monoisotopic (exact) mass is 434 g/mol. The molecule has 1 unspecified atom stereocenters. The smallest absolute Gasteiger partial charge is 0.256 e. The molecule has 6 heteroatoms. The summed E-state index contributed by atoms with van der Waals surface area (Å²) in [6.45, 7) is 1.02. The lowest BCUT2D eigenvalue weighted by molar-refractivity contribution is -0.165. The molecule has 2 aromatic carbocycles. The van der Waals surface area contributed by atoms with Crippen molar-refractivity contribution in [1.82, 2.24) is 9.80 Å². The molecule has 2 heterocycles. The van der Waals surface area contributed by atoms with Gasteiger partial charge in [-0.15, -0.1) is 11.3 Å². The minimum absolute atomic E-state index is 0.0760. The zero-order valence-electron chi connectivity index (χ0n) is 17.8. The molecule has 160 valence electrons. The van der Waals surface area contributed by atoms with Gasteiger partial charge in [-0.25, -0.2) is 0 Å². The van der Waals surface area contributed by atoms with E-state index in [4.69, 9.17) is 4.74 Å². The molecule has 0 saturated carbocycles. The van der Waals surface area contributed by atoms with Crippen molar-refractivity contribution in [2.45, 2.75) is 12.0 Å². The molecule has 1 aliphatic heterocycles. The highest BCUT2D eigenvalue weighted by Gasteiger charge is 2.46. The van der Waals surface area contributed by atoms with Gasteiger partial charge in [0.1, 0.15) is 0 Å². The molecule has 3 aromatic rings. The van der Waals surface area contributed by atoms with Crippen molar-refractivity contribution in [3.05, 3.63) is 83.2 Å². The summed E-state index contributed by atoms with van der Waals surface area (Å²) in [6.07, 6.45) is 0.410. The van der Waals surface area contributed by atoms with Gasteiger partial charge >= 0.3 is 0 Å². The number of hydrogen-bond acceptors (Lipinski definition) is 4. The second kappa shape index (κ2) is 9.04. The van der Waals surface area contributed by atoms with Crippen LogP contribution in [0.3, 0.4) is 0 Å². The van der Waals surface area contributed by atoms with E-state index in [1.54, 1.807) is 47.4 Å². The Morgan fingerprint density at radius 2 is 1.77 bits per heavy atom. The van der Waals surface area contributed by atoms with E-state index in [9.17, 15) is 9.59 Å². The Hall–Kier alpha value is -2.96. The molecule has 0 radical (unpaired) electrons. The largest absolute Gasteiger partial charge is 0.361 e. The molecule has 0 spiro atoms. The average molecular weight is 435 g/mol. The summed E-state index contributed by atoms with van der Waals surface area (Å²) in [5, 5.41) is 2.06. The molecule has 5 nitrogen and oxygen atoms in total. The van der Waals surface area contributed by atoms with Gasteiger partial charge in [0.15, 0.2) is 5.60 Å². The minimum atomic E-state index is -1.10. The van der Waals surface area contributed by atoms with Crippen molar-refractivity contribution in [2.75, 3.05) is 33.8 Å². The van der Waals surface area contributed by atoms with E-state index in [1.807, 2.05) is 36.4 Å². The number of nitrogens with zero attached hydrogens (tertiary/aromatic N) is 2. The number of ether oxygens (including phenoxy) is 1. The lowest BCUT2D eigenvalue weighted by atomic mass is 9.90. The van der Waals surface area contributed by atoms with Gasteiger partial charge in [0, 0.05) is 37.5 Å². The van der Waals surface area contributed by atoms with Gasteiger partial charge in [-0.05, 0) is 34.7 Å². The van der Waals surface area contributed by atoms with E-state index in [1.165, 1.54) is 4.88 Å². The number of carbonyl (C=O) groups is 2. The fourth-order valence-corrected chi connectivity index (χ4v) is 4.73. The quantitative estimate of drug-likeness (QED) is 0.611. The number of thiophene rings is 1. The molecule has 1 fully saturated rings. The van der Waals surface area contributed by atoms with Crippen molar-refractivity contribution in [3.63, 3.8) is 0 Å². The third-order valence-corrected chi connectivity index (χ3v) is 6.46. The summed E-state index contributed by atoms with van der Waals surface area (Å²) in [7, 11) is 3.45. The van der Waals surface area contributed by atoms with Gasteiger partial charge in [0.05, 0.1) is 13.2 Å². The van der Waals surface area contributed by atoms with Crippen molar-refractivity contribution in [3.8, 4) is 10.4 Å². The molecule has 4 rings (SSSR count). The summed E-state index contributed by atoms with van der Waals surface area (Å²) in [5.74, 6) is -0.201. The van der Waals surface area contributed by atoms with Crippen molar-refractivity contribution in [1.29, 1.82) is 0 Å². The van der Waals surface area contributed by atoms with E-state index in [2.05, 4.69) is 23.6 Å². The van der Waals surface area contributed by atoms with Crippen LogP contribution in [0.25, 0.3) is 10.4 Å². The summed E-state index contributed by atoms with van der Waals surface area (Å²) in [6, 6.07) is 21.5. The SMILES string of the molecule is CN(C)C(=O)C1(Cc2ccc(-c3cccs3)cc2)CN(C(=O)c2ccccc2)CCO1. The maximum atomic E-state index is 13.2. The fourth-order valence-electron chi connectivity index (χ4n) is 4.00. The highest BCUT2D eigenvalue weighted by atomic mass is 32.1. The van der Waals surface area contributed by atoms with Crippen LogP contribution in [-0.2, 0) is 16.0 Å². The molecule has 1 saturated heterocycles. The number of hydrogen-bond donors (Lipinski definition) is 0. The second-order valence-corrected chi connectivity index (χ2v) is 8.93. The van der Waals surface area contributed by atoms with E-state index in [0.717, 1.165) is 11.1 Å². The summed E-state index contributed by atoms with van der Waals surface area (Å²) >= 11 is 1.70.